The predicted octanol–water partition coefficient (Wildman–Crippen LogP) is 10.1. The van der Waals surface area contributed by atoms with Gasteiger partial charge in [0.25, 0.3) is 0 Å². The Hall–Kier alpha value is -6.31. The normalized spacial score (nSPS) is 10.8. The summed E-state index contributed by atoms with van der Waals surface area (Å²) in [7, 11) is 0. The fourth-order valence-electron chi connectivity index (χ4n) is 5.41. The molecule has 0 bridgehead atoms. The van der Waals surface area contributed by atoms with E-state index in [0.717, 1.165) is 16.7 Å². The van der Waals surface area contributed by atoms with Crippen LogP contribution < -0.4 is 24.4 Å². The maximum Gasteiger partial charge on any atom is 0.344 e. The van der Waals surface area contributed by atoms with Crippen LogP contribution in [0.25, 0.3) is 22.3 Å². The van der Waals surface area contributed by atoms with Gasteiger partial charge in [-0.25, -0.2) is 4.79 Å². The molecule has 0 radical (unpaired) electrons. The highest BCUT2D eigenvalue weighted by Gasteiger charge is 2.25. The van der Waals surface area contributed by atoms with Gasteiger partial charge in [0.1, 0.15) is 25.4 Å². The van der Waals surface area contributed by atoms with Crippen molar-refractivity contribution >= 4 is 28.5 Å². The van der Waals surface area contributed by atoms with E-state index in [1.165, 1.54) is 12.1 Å². The molecule has 0 aliphatic heterocycles. The Morgan fingerprint density at radius 2 is 1.06 bits per heavy atom. The number of rotatable bonds is 12. The molecule has 1 heterocycles. The largest absolute Gasteiger partial charge is 0.485 e. The number of halogens is 1. The minimum absolute atomic E-state index is 0.0720. The summed E-state index contributed by atoms with van der Waals surface area (Å²) in [6, 6.07) is 45.5. The molecular weight excluding hydrogens is 664 g/mol. The second kappa shape index (κ2) is 15.5. The molecule has 0 amide bonds. The van der Waals surface area contributed by atoms with Crippen LogP contribution >= 0.6 is 11.6 Å². The second-order valence-corrected chi connectivity index (χ2v) is 12.0. The molecule has 6 aromatic carbocycles. The van der Waals surface area contributed by atoms with Crippen LogP contribution in [0.4, 0.5) is 0 Å². The van der Waals surface area contributed by atoms with Crippen molar-refractivity contribution in [2.75, 3.05) is 0 Å². The van der Waals surface area contributed by atoms with Gasteiger partial charge in [-0.2, -0.15) is 0 Å². The molecule has 0 saturated carbocycles. The number of fused-ring (bicyclic) bond motifs is 1. The van der Waals surface area contributed by atoms with E-state index in [9.17, 15) is 9.59 Å². The first-order valence-corrected chi connectivity index (χ1v) is 16.6. The summed E-state index contributed by atoms with van der Waals surface area (Å²) in [6.07, 6.45) is 0. The average molecular weight is 695 g/mol. The maximum absolute atomic E-state index is 14.1. The van der Waals surface area contributed by atoms with Gasteiger partial charge in [0.15, 0.2) is 17.3 Å². The van der Waals surface area contributed by atoms with Crippen LogP contribution in [0, 0.1) is 0 Å². The Bertz CT molecular complexity index is 2260. The lowest BCUT2D eigenvalue weighted by Crippen LogP contribution is -2.17. The van der Waals surface area contributed by atoms with Crippen molar-refractivity contribution in [2.45, 2.75) is 19.8 Å². The van der Waals surface area contributed by atoms with E-state index in [-0.39, 0.29) is 53.8 Å². The molecule has 0 spiro atoms. The summed E-state index contributed by atoms with van der Waals surface area (Å²) in [5, 5.41) is 0.766. The van der Waals surface area contributed by atoms with Crippen molar-refractivity contribution in [1.82, 2.24) is 0 Å². The second-order valence-electron chi connectivity index (χ2n) is 11.6. The van der Waals surface area contributed by atoms with E-state index in [4.69, 9.17) is 35.0 Å². The number of ether oxygens (including phenoxy) is 4. The van der Waals surface area contributed by atoms with Gasteiger partial charge < -0.3 is 23.4 Å². The molecule has 0 atom stereocenters. The fraction of sp³-hybridized carbons (Fsp3) is 0.0698. The predicted molar refractivity (Wildman–Crippen MR) is 197 cm³/mol. The molecule has 1 aromatic heterocycles. The van der Waals surface area contributed by atoms with Gasteiger partial charge in [0.2, 0.25) is 16.9 Å². The molecule has 0 aliphatic carbocycles. The van der Waals surface area contributed by atoms with Gasteiger partial charge in [-0.05, 0) is 65.2 Å². The molecule has 7 rings (SSSR count). The summed E-state index contributed by atoms with van der Waals surface area (Å²) in [4.78, 5) is 28.0. The highest BCUT2D eigenvalue weighted by molar-refractivity contribution is 6.30. The Morgan fingerprint density at radius 1 is 0.569 bits per heavy atom. The monoisotopic (exact) mass is 694 g/mol. The zero-order chi connectivity index (χ0) is 35.0. The fourth-order valence-corrected chi connectivity index (χ4v) is 5.54. The van der Waals surface area contributed by atoms with Crippen LogP contribution in [-0.2, 0) is 19.8 Å². The van der Waals surface area contributed by atoms with Crippen LogP contribution in [0.5, 0.6) is 23.0 Å². The van der Waals surface area contributed by atoms with Gasteiger partial charge >= 0.3 is 5.97 Å². The number of carbonyl (C=O) groups excluding carboxylic acids is 1. The van der Waals surface area contributed by atoms with Crippen molar-refractivity contribution in [2.24, 2.45) is 0 Å². The molecule has 252 valence electrons. The van der Waals surface area contributed by atoms with Crippen LogP contribution in [0.1, 0.15) is 27.0 Å². The number of esters is 1. The minimum Gasteiger partial charge on any atom is -0.485 e. The highest BCUT2D eigenvalue weighted by Crippen LogP contribution is 2.41. The van der Waals surface area contributed by atoms with E-state index in [1.807, 2.05) is 91.0 Å². The van der Waals surface area contributed by atoms with Crippen LogP contribution in [-0.4, -0.2) is 5.97 Å². The first kappa shape index (κ1) is 33.2. The molecule has 8 heteroatoms. The standard InChI is InChI=1S/C43H31ClO7/c44-34-22-20-32(21-23-34)40-42(39(45)35-18-10-11-19-36(35)50-40)51-43(46)33-24-37(47-26-29-12-4-1-5-13-29)41(49-28-31-16-8-3-9-17-31)38(25-33)48-27-30-14-6-2-7-15-30/h1-25H,26-28H2. The molecular formula is C43H31ClO7. The number of benzene rings is 6. The van der Waals surface area contributed by atoms with Gasteiger partial charge in [-0.15, -0.1) is 0 Å². The highest BCUT2D eigenvalue weighted by atomic mass is 35.5. The van der Waals surface area contributed by atoms with Crippen molar-refractivity contribution in [3.05, 3.63) is 189 Å². The molecule has 7 aromatic rings. The molecule has 0 aliphatic rings. The van der Waals surface area contributed by atoms with Crippen molar-refractivity contribution in [1.29, 1.82) is 0 Å². The smallest absolute Gasteiger partial charge is 0.344 e. The van der Waals surface area contributed by atoms with E-state index in [0.29, 0.717) is 21.9 Å². The first-order chi connectivity index (χ1) is 25.0. The van der Waals surface area contributed by atoms with Crippen LogP contribution in [0.15, 0.2) is 161 Å². The molecule has 7 nitrogen and oxygen atoms in total. The van der Waals surface area contributed by atoms with Crippen LogP contribution in [0.3, 0.4) is 0 Å². The summed E-state index contributed by atoms with van der Waals surface area (Å²) in [5.41, 5.74) is 3.18. The lowest BCUT2D eigenvalue weighted by Gasteiger charge is -2.19. The van der Waals surface area contributed by atoms with Crippen LogP contribution in [0.2, 0.25) is 5.02 Å². The molecule has 0 N–H and O–H groups in total. The molecule has 51 heavy (non-hydrogen) atoms. The lowest BCUT2D eigenvalue weighted by atomic mass is 10.1. The summed E-state index contributed by atoms with van der Waals surface area (Å²) in [5.74, 6) is -0.158. The van der Waals surface area contributed by atoms with E-state index in [2.05, 4.69) is 0 Å². The average Bonchev–Trinajstić information content (AvgIpc) is 3.18. The Balaban J connectivity index is 1.30. The number of hydrogen-bond donors (Lipinski definition) is 0. The maximum atomic E-state index is 14.1. The van der Waals surface area contributed by atoms with Crippen molar-refractivity contribution in [3.8, 4) is 34.3 Å². The van der Waals surface area contributed by atoms with Gasteiger partial charge in [-0.1, -0.05) is 115 Å². The Morgan fingerprint density at radius 3 is 1.61 bits per heavy atom. The van der Waals surface area contributed by atoms with E-state index in [1.54, 1.807) is 48.5 Å². The Kier molecular flexibility index (Phi) is 10.1. The summed E-state index contributed by atoms with van der Waals surface area (Å²) >= 11 is 6.15. The van der Waals surface area contributed by atoms with E-state index < -0.39 is 11.4 Å². The minimum atomic E-state index is -0.823. The lowest BCUT2D eigenvalue weighted by molar-refractivity contribution is 0.0730. The van der Waals surface area contributed by atoms with Crippen molar-refractivity contribution in [3.63, 3.8) is 0 Å². The van der Waals surface area contributed by atoms with Crippen molar-refractivity contribution < 1.29 is 28.2 Å². The van der Waals surface area contributed by atoms with Gasteiger partial charge in [-0.3, -0.25) is 4.79 Å². The zero-order valence-electron chi connectivity index (χ0n) is 27.3. The third-order valence-corrected chi connectivity index (χ3v) is 8.27. The van der Waals surface area contributed by atoms with Gasteiger partial charge in [0, 0.05) is 10.6 Å². The molecule has 0 saturated heterocycles. The van der Waals surface area contributed by atoms with E-state index >= 15 is 0 Å². The number of carbonyl (C=O) groups is 1. The quantitative estimate of drug-likeness (QED) is 0.118. The SMILES string of the molecule is O=C(Oc1c(-c2ccc(Cl)cc2)oc2ccccc2c1=O)c1cc(OCc2ccccc2)c(OCc2ccccc2)c(OCc2ccccc2)c1. The zero-order valence-corrected chi connectivity index (χ0v) is 28.0. The first-order valence-electron chi connectivity index (χ1n) is 16.2. The third kappa shape index (κ3) is 7.96. The summed E-state index contributed by atoms with van der Waals surface area (Å²) < 4.78 is 31.1. The number of para-hydroxylation sites is 1. The number of hydrogen-bond acceptors (Lipinski definition) is 7. The molecule has 0 unspecified atom stereocenters. The summed E-state index contributed by atoms with van der Waals surface area (Å²) in [6.45, 7) is 0.596. The third-order valence-electron chi connectivity index (χ3n) is 8.01. The van der Waals surface area contributed by atoms with Gasteiger partial charge in [0.05, 0.1) is 10.9 Å². The Labute approximate surface area is 299 Å². The topological polar surface area (TPSA) is 84.2 Å². The molecule has 0 fully saturated rings.